The van der Waals surface area contributed by atoms with Crippen molar-refractivity contribution in [3.8, 4) is 0 Å². The minimum atomic E-state index is 0.779. The number of nitrogens with one attached hydrogen (secondary N) is 1. The highest BCUT2D eigenvalue weighted by Crippen LogP contribution is 2.11. The molecule has 2 nitrogen and oxygen atoms in total. The summed E-state index contributed by atoms with van der Waals surface area (Å²) in [4.78, 5) is 2.54. The third kappa shape index (κ3) is 3.82. The molecule has 100 valence electrons. The first-order valence-corrected chi connectivity index (χ1v) is 7.28. The molecular formula is C16H26N2. The van der Waals surface area contributed by atoms with E-state index in [0.29, 0.717) is 0 Å². The summed E-state index contributed by atoms with van der Waals surface area (Å²) in [6.07, 6.45) is 4.90. The van der Waals surface area contributed by atoms with Crippen molar-refractivity contribution in [1.82, 2.24) is 10.2 Å². The third-order valence-corrected chi connectivity index (χ3v) is 4.12. The van der Waals surface area contributed by atoms with Gasteiger partial charge in [0.2, 0.25) is 0 Å². The molecule has 2 rings (SSSR count). The maximum atomic E-state index is 3.43. The Morgan fingerprint density at radius 1 is 1.11 bits per heavy atom. The summed E-state index contributed by atoms with van der Waals surface area (Å²) in [5.41, 5.74) is 2.90. The molecule has 0 aromatic heterocycles. The summed E-state index contributed by atoms with van der Waals surface area (Å²) in [5, 5.41) is 3.43. The minimum Gasteiger partial charge on any atom is -0.317 e. The molecule has 0 unspecified atom stereocenters. The van der Waals surface area contributed by atoms with Gasteiger partial charge in [0.1, 0.15) is 0 Å². The van der Waals surface area contributed by atoms with Crippen molar-refractivity contribution in [2.45, 2.75) is 38.6 Å². The molecule has 1 heterocycles. The summed E-state index contributed by atoms with van der Waals surface area (Å²) < 4.78 is 0. The molecule has 0 spiro atoms. The smallest absolute Gasteiger partial charge is 0.0116 e. The summed E-state index contributed by atoms with van der Waals surface area (Å²) >= 11 is 0. The molecule has 0 aliphatic carbocycles. The number of likely N-dealkylation sites (N-methyl/N-ethyl adjacent to an activating group) is 1. The van der Waals surface area contributed by atoms with Gasteiger partial charge in [0, 0.05) is 12.6 Å². The standard InChI is InChI=1S/C16H26N2/c1-3-14-4-6-15(7-5-14)10-13-18(2)16-8-11-17-12-9-16/h4-7,16-17H,3,8-13H2,1-2H3. The second kappa shape index (κ2) is 6.91. The maximum Gasteiger partial charge on any atom is 0.0116 e. The van der Waals surface area contributed by atoms with Crippen molar-refractivity contribution < 1.29 is 0 Å². The van der Waals surface area contributed by atoms with Crippen molar-refractivity contribution in [1.29, 1.82) is 0 Å². The molecule has 0 atom stereocenters. The Labute approximate surface area is 111 Å². The van der Waals surface area contributed by atoms with E-state index in [1.807, 2.05) is 0 Å². The molecule has 1 aliphatic rings. The van der Waals surface area contributed by atoms with Crippen LogP contribution >= 0.6 is 0 Å². The zero-order valence-corrected chi connectivity index (χ0v) is 11.8. The zero-order valence-electron chi connectivity index (χ0n) is 11.8. The van der Waals surface area contributed by atoms with Crippen LogP contribution in [0, 0.1) is 0 Å². The van der Waals surface area contributed by atoms with Gasteiger partial charge in [-0.3, -0.25) is 0 Å². The number of hydrogen-bond acceptors (Lipinski definition) is 2. The van der Waals surface area contributed by atoms with Crippen molar-refractivity contribution >= 4 is 0 Å². The van der Waals surface area contributed by atoms with E-state index in [1.54, 1.807) is 0 Å². The van der Waals surface area contributed by atoms with Gasteiger partial charge >= 0.3 is 0 Å². The topological polar surface area (TPSA) is 15.3 Å². The Morgan fingerprint density at radius 3 is 2.33 bits per heavy atom. The zero-order chi connectivity index (χ0) is 12.8. The van der Waals surface area contributed by atoms with E-state index in [2.05, 4.69) is 48.5 Å². The first kappa shape index (κ1) is 13.6. The lowest BCUT2D eigenvalue weighted by atomic mass is 10.0. The van der Waals surface area contributed by atoms with Crippen LogP contribution in [-0.4, -0.2) is 37.6 Å². The third-order valence-electron chi connectivity index (χ3n) is 4.12. The molecule has 0 saturated carbocycles. The molecule has 1 saturated heterocycles. The van der Waals surface area contributed by atoms with Gasteiger partial charge in [-0.05, 0) is 56.9 Å². The fourth-order valence-corrected chi connectivity index (χ4v) is 2.68. The van der Waals surface area contributed by atoms with Gasteiger partial charge in [0.15, 0.2) is 0 Å². The Kier molecular flexibility index (Phi) is 5.21. The number of piperidine rings is 1. The molecule has 0 bridgehead atoms. The van der Waals surface area contributed by atoms with Gasteiger partial charge in [-0.2, -0.15) is 0 Å². The van der Waals surface area contributed by atoms with Crippen LogP contribution in [0.4, 0.5) is 0 Å². The minimum absolute atomic E-state index is 0.779. The van der Waals surface area contributed by atoms with E-state index < -0.39 is 0 Å². The lowest BCUT2D eigenvalue weighted by Gasteiger charge is -2.31. The molecule has 0 radical (unpaired) electrons. The number of nitrogens with zero attached hydrogens (tertiary/aromatic N) is 1. The summed E-state index contributed by atoms with van der Waals surface area (Å²) in [6.45, 7) is 5.75. The van der Waals surface area contributed by atoms with E-state index >= 15 is 0 Å². The lowest BCUT2D eigenvalue weighted by Crippen LogP contribution is -2.41. The van der Waals surface area contributed by atoms with E-state index in [1.165, 1.54) is 50.0 Å². The number of benzene rings is 1. The van der Waals surface area contributed by atoms with Crippen LogP contribution in [0.2, 0.25) is 0 Å². The molecule has 1 aliphatic heterocycles. The summed E-state index contributed by atoms with van der Waals surface area (Å²) in [7, 11) is 2.27. The quantitative estimate of drug-likeness (QED) is 0.858. The number of rotatable bonds is 5. The van der Waals surface area contributed by atoms with Crippen molar-refractivity contribution in [3.05, 3.63) is 35.4 Å². The molecule has 0 amide bonds. The Bertz CT molecular complexity index is 339. The van der Waals surface area contributed by atoms with Crippen LogP contribution < -0.4 is 5.32 Å². The molecule has 18 heavy (non-hydrogen) atoms. The first-order valence-electron chi connectivity index (χ1n) is 7.28. The van der Waals surface area contributed by atoms with E-state index in [4.69, 9.17) is 0 Å². The predicted octanol–water partition coefficient (Wildman–Crippen LogP) is 2.48. The molecular weight excluding hydrogens is 220 g/mol. The molecule has 2 heteroatoms. The van der Waals surface area contributed by atoms with Gasteiger partial charge in [-0.15, -0.1) is 0 Å². The highest BCUT2D eigenvalue weighted by Gasteiger charge is 2.16. The highest BCUT2D eigenvalue weighted by molar-refractivity contribution is 5.22. The van der Waals surface area contributed by atoms with Crippen molar-refractivity contribution in [2.24, 2.45) is 0 Å². The fraction of sp³-hybridized carbons (Fsp3) is 0.625. The van der Waals surface area contributed by atoms with Gasteiger partial charge < -0.3 is 10.2 Å². The molecule has 1 fully saturated rings. The van der Waals surface area contributed by atoms with Gasteiger partial charge in [-0.1, -0.05) is 31.2 Å². The van der Waals surface area contributed by atoms with Gasteiger partial charge in [0.05, 0.1) is 0 Å². The molecule has 1 N–H and O–H groups in total. The lowest BCUT2D eigenvalue weighted by molar-refractivity contribution is 0.201. The second-order valence-corrected chi connectivity index (χ2v) is 5.38. The summed E-state index contributed by atoms with van der Waals surface area (Å²) in [5.74, 6) is 0. The Morgan fingerprint density at radius 2 is 1.72 bits per heavy atom. The average Bonchev–Trinajstić information content (AvgIpc) is 2.46. The second-order valence-electron chi connectivity index (χ2n) is 5.38. The van der Waals surface area contributed by atoms with Crippen molar-refractivity contribution in [3.63, 3.8) is 0 Å². The van der Waals surface area contributed by atoms with Crippen LogP contribution in [0.5, 0.6) is 0 Å². The van der Waals surface area contributed by atoms with E-state index in [-0.39, 0.29) is 0 Å². The SMILES string of the molecule is CCc1ccc(CCN(C)C2CCNCC2)cc1. The number of hydrogen-bond donors (Lipinski definition) is 1. The molecule has 1 aromatic rings. The molecule has 1 aromatic carbocycles. The summed E-state index contributed by atoms with van der Waals surface area (Å²) in [6, 6.07) is 9.88. The van der Waals surface area contributed by atoms with Crippen LogP contribution in [0.25, 0.3) is 0 Å². The van der Waals surface area contributed by atoms with Crippen molar-refractivity contribution in [2.75, 3.05) is 26.7 Å². The first-order chi connectivity index (χ1) is 8.79. The van der Waals surface area contributed by atoms with Crippen LogP contribution in [0.15, 0.2) is 24.3 Å². The van der Waals surface area contributed by atoms with E-state index in [0.717, 1.165) is 12.5 Å². The van der Waals surface area contributed by atoms with Crippen LogP contribution in [-0.2, 0) is 12.8 Å². The number of aryl methyl sites for hydroxylation is 1. The normalized spacial score (nSPS) is 17.3. The van der Waals surface area contributed by atoms with E-state index in [9.17, 15) is 0 Å². The fourth-order valence-electron chi connectivity index (χ4n) is 2.68. The largest absolute Gasteiger partial charge is 0.317 e. The highest BCUT2D eigenvalue weighted by atomic mass is 15.1. The van der Waals surface area contributed by atoms with Crippen LogP contribution in [0.3, 0.4) is 0 Å². The van der Waals surface area contributed by atoms with Gasteiger partial charge in [-0.25, -0.2) is 0 Å². The Balaban J connectivity index is 1.78. The van der Waals surface area contributed by atoms with Gasteiger partial charge in [0.25, 0.3) is 0 Å². The van der Waals surface area contributed by atoms with Crippen LogP contribution in [0.1, 0.15) is 30.9 Å². The monoisotopic (exact) mass is 246 g/mol. The average molecular weight is 246 g/mol. The Hall–Kier alpha value is -0.860. The predicted molar refractivity (Wildman–Crippen MR) is 78.0 cm³/mol. The maximum absolute atomic E-state index is 3.43.